The molecule has 35 heavy (non-hydrogen) atoms. The first-order valence-corrected chi connectivity index (χ1v) is 11.7. The predicted octanol–water partition coefficient (Wildman–Crippen LogP) is 3.38. The first kappa shape index (κ1) is 24.1. The summed E-state index contributed by atoms with van der Waals surface area (Å²) in [6.45, 7) is 7.02. The van der Waals surface area contributed by atoms with Gasteiger partial charge in [0.25, 0.3) is 5.91 Å². The third-order valence-electron chi connectivity index (χ3n) is 6.17. The first-order valence-electron chi connectivity index (χ1n) is 11.7. The Kier molecular flexibility index (Phi) is 7.22. The van der Waals surface area contributed by atoms with Crippen LogP contribution in [0.3, 0.4) is 0 Å². The number of hydrogen-bond donors (Lipinski definition) is 1. The van der Waals surface area contributed by atoms with Crippen molar-refractivity contribution < 1.29 is 4.79 Å². The summed E-state index contributed by atoms with van der Waals surface area (Å²) in [6, 6.07) is 9.17. The van der Waals surface area contributed by atoms with Crippen LogP contribution in [-0.2, 0) is 19.6 Å². The molecule has 3 aromatic heterocycles. The Labute approximate surface area is 205 Å². The van der Waals surface area contributed by atoms with Gasteiger partial charge in [0.2, 0.25) is 0 Å². The zero-order valence-electron chi connectivity index (χ0n) is 20.6. The van der Waals surface area contributed by atoms with Crippen LogP contribution in [0.25, 0.3) is 22.3 Å². The number of carbonyl (C=O) groups excluding carboxylic acids is 1. The van der Waals surface area contributed by atoms with E-state index in [0.717, 1.165) is 37.3 Å². The second-order valence-corrected chi connectivity index (χ2v) is 8.58. The van der Waals surface area contributed by atoms with Crippen molar-refractivity contribution in [3.63, 3.8) is 0 Å². The number of fused-ring (bicyclic) bond motifs is 1. The van der Waals surface area contributed by atoms with Crippen molar-refractivity contribution in [3.8, 4) is 17.5 Å². The summed E-state index contributed by atoms with van der Waals surface area (Å²) in [4.78, 5) is 24.6. The highest BCUT2D eigenvalue weighted by Crippen LogP contribution is 2.26. The molecule has 0 atom stereocenters. The van der Waals surface area contributed by atoms with E-state index in [2.05, 4.69) is 21.5 Å². The summed E-state index contributed by atoms with van der Waals surface area (Å²) >= 11 is 0. The van der Waals surface area contributed by atoms with Crippen LogP contribution >= 0.6 is 0 Å². The third kappa shape index (κ3) is 5.08. The van der Waals surface area contributed by atoms with Crippen molar-refractivity contribution in [2.45, 2.75) is 39.9 Å². The van der Waals surface area contributed by atoms with Crippen molar-refractivity contribution >= 4 is 16.8 Å². The van der Waals surface area contributed by atoms with E-state index in [1.165, 1.54) is 0 Å². The van der Waals surface area contributed by atoms with Gasteiger partial charge in [-0.25, -0.2) is 9.97 Å². The average molecular weight is 471 g/mol. The van der Waals surface area contributed by atoms with Gasteiger partial charge in [-0.2, -0.15) is 10.4 Å². The number of amides is 1. The van der Waals surface area contributed by atoms with E-state index >= 15 is 0 Å². The Morgan fingerprint density at radius 1 is 1.26 bits per heavy atom. The van der Waals surface area contributed by atoms with Gasteiger partial charge in [-0.05, 0) is 58.1 Å². The lowest BCUT2D eigenvalue weighted by molar-refractivity contribution is 0.0787. The maximum absolute atomic E-state index is 13.7. The van der Waals surface area contributed by atoms with Crippen molar-refractivity contribution in [3.05, 3.63) is 65.4 Å². The van der Waals surface area contributed by atoms with Gasteiger partial charge in [0.15, 0.2) is 0 Å². The van der Waals surface area contributed by atoms with Gasteiger partial charge in [0.1, 0.15) is 5.69 Å². The molecule has 0 fully saturated rings. The van der Waals surface area contributed by atoms with E-state index in [0.29, 0.717) is 40.0 Å². The normalized spacial score (nSPS) is 11.1. The van der Waals surface area contributed by atoms with Gasteiger partial charge < -0.3 is 14.8 Å². The average Bonchev–Trinajstić information content (AvgIpc) is 3.49. The number of carbonyl (C=O) groups is 1. The summed E-state index contributed by atoms with van der Waals surface area (Å²) in [5, 5.41) is 17.6. The molecule has 0 spiro atoms. The summed E-state index contributed by atoms with van der Waals surface area (Å²) in [5.74, 6) is -0.147. The van der Waals surface area contributed by atoms with Crippen molar-refractivity contribution in [1.29, 1.82) is 5.26 Å². The number of pyridine rings is 1. The van der Waals surface area contributed by atoms with Gasteiger partial charge in [0.05, 0.1) is 40.9 Å². The molecule has 3 heterocycles. The largest absolute Gasteiger partial charge is 0.337 e. The number of nitrogens with one attached hydrogen (secondary N) is 1. The molecule has 4 rings (SSSR count). The Bertz CT molecular complexity index is 1390. The number of nitriles is 1. The SMILES string of the molecule is CCn1ncc(CN(C)C(=O)c2cc(-c3cn(CCCNC)cn3)nc3ccc(C#N)cc23)c1C. The fourth-order valence-corrected chi connectivity index (χ4v) is 4.15. The third-order valence-corrected chi connectivity index (χ3v) is 6.17. The van der Waals surface area contributed by atoms with Crippen LogP contribution in [0.15, 0.2) is 43.0 Å². The summed E-state index contributed by atoms with van der Waals surface area (Å²) < 4.78 is 3.94. The summed E-state index contributed by atoms with van der Waals surface area (Å²) in [6.07, 6.45) is 6.54. The minimum atomic E-state index is -0.147. The zero-order valence-corrected chi connectivity index (χ0v) is 20.6. The van der Waals surface area contributed by atoms with E-state index in [-0.39, 0.29) is 5.91 Å². The Morgan fingerprint density at radius 3 is 2.80 bits per heavy atom. The topological polar surface area (TPSA) is 105 Å². The number of imidazole rings is 1. The molecule has 0 saturated heterocycles. The molecule has 0 saturated carbocycles. The second kappa shape index (κ2) is 10.5. The monoisotopic (exact) mass is 470 g/mol. The number of hydrogen-bond acceptors (Lipinski definition) is 6. The highest BCUT2D eigenvalue weighted by atomic mass is 16.2. The molecule has 0 bridgehead atoms. The first-order chi connectivity index (χ1) is 16.9. The number of nitrogens with zero attached hydrogens (tertiary/aromatic N) is 7. The zero-order chi connectivity index (χ0) is 24.9. The molecular weight excluding hydrogens is 440 g/mol. The Hall–Kier alpha value is -4.03. The predicted molar refractivity (Wildman–Crippen MR) is 135 cm³/mol. The van der Waals surface area contributed by atoms with E-state index in [1.54, 1.807) is 42.5 Å². The molecule has 9 heteroatoms. The van der Waals surface area contributed by atoms with Crippen LogP contribution in [-0.4, -0.2) is 55.8 Å². The minimum Gasteiger partial charge on any atom is -0.337 e. The van der Waals surface area contributed by atoms with Crippen molar-refractivity contribution in [1.82, 2.24) is 34.5 Å². The van der Waals surface area contributed by atoms with Gasteiger partial charge in [-0.1, -0.05) is 0 Å². The fourth-order valence-electron chi connectivity index (χ4n) is 4.15. The van der Waals surface area contributed by atoms with Crippen molar-refractivity contribution in [2.24, 2.45) is 0 Å². The molecule has 1 aromatic carbocycles. The summed E-state index contributed by atoms with van der Waals surface area (Å²) in [5.41, 5.74) is 5.01. The standard InChI is InChI=1S/C26H30N8O/c1-5-34-18(2)20(14-30-34)15-32(4)26(35)22-12-24(25-16-33(17-29-25)10-6-9-28-3)31-23-8-7-19(13-27)11-21(22)23/h7-8,11-12,14,16-17,28H,5-6,9-10,15H2,1-4H3. The molecule has 9 nitrogen and oxygen atoms in total. The van der Waals surface area contributed by atoms with Crippen LogP contribution in [0.1, 0.15) is 40.5 Å². The van der Waals surface area contributed by atoms with Gasteiger partial charge in [-0.15, -0.1) is 0 Å². The van der Waals surface area contributed by atoms with Crippen molar-refractivity contribution in [2.75, 3.05) is 20.6 Å². The Morgan fingerprint density at radius 2 is 2.09 bits per heavy atom. The molecule has 4 aromatic rings. The smallest absolute Gasteiger partial charge is 0.254 e. The second-order valence-electron chi connectivity index (χ2n) is 8.58. The van der Waals surface area contributed by atoms with Gasteiger partial charge in [0, 0.05) is 49.5 Å². The number of aromatic nitrogens is 5. The molecule has 0 unspecified atom stereocenters. The quantitative estimate of drug-likeness (QED) is 0.376. The maximum Gasteiger partial charge on any atom is 0.254 e. The number of rotatable bonds is 9. The van der Waals surface area contributed by atoms with Crippen LogP contribution < -0.4 is 5.32 Å². The maximum atomic E-state index is 13.7. The summed E-state index contributed by atoms with van der Waals surface area (Å²) in [7, 11) is 3.71. The van der Waals surface area contributed by atoms with Gasteiger partial charge in [-0.3, -0.25) is 9.48 Å². The fraction of sp³-hybridized carbons (Fsp3) is 0.346. The molecular formula is C26H30N8O. The van der Waals surface area contributed by atoms with Crippen LogP contribution in [0.5, 0.6) is 0 Å². The minimum absolute atomic E-state index is 0.147. The van der Waals surface area contributed by atoms with E-state index in [4.69, 9.17) is 4.98 Å². The van der Waals surface area contributed by atoms with E-state index < -0.39 is 0 Å². The van der Waals surface area contributed by atoms with Crippen LogP contribution in [0.4, 0.5) is 0 Å². The molecule has 0 radical (unpaired) electrons. The number of aryl methyl sites for hydroxylation is 2. The van der Waals surface area contributed by atoms with Gasteiger partial charge >= 0.3 is 0 Å². The number of benzene rings is 1. The lowest BCUT2D eigenvalue weighted by atomic mass is 10.0. The Balaban J connectivity index is 1.71. The molecule has 180 valence electrons. The molecule has 0 aliphatic carbocycles. The molecule has 0 aliphatic rings. The van der Waals surface area contributed by atoms with E-state index in [9.17, 15) is 10.1 Å². The molecule has 1 amide bonds. The highest BCUT2D eigenvalue weighted by Gasteiger charge is 2.20. The van der Waals surface area contributed by atoms with E-state index in [1.807, 2.05) is 42.5 Å². The lowest BCUT2D eigenvalue weighted by Gasteiger charge is -2.19. The van der Waals surface area contributed by atoms with Crippen LogP contribution in [0, 0.1) is 18.3 Å². The molecule has 1 N–H and O–H groups in total. The lowest BCUT2D eigenvalue weighted by Crippen LogP contribution is -2.27. The van der Waals surface area contributed by atoms with Crippen LogP contribution in [0.2, 0.25) is 0 Å². The highest BCUT2D eigenvalue weighted by molar-refractivity contribution is 6.07. The molecule has 0 aliphatic heterocycles.